The maximum atomic E-state index is 12.8. The number of fused-ring (bicyclic) bond motifs is 1. The Morgan fingerprint density at radius 2 is 2.07 bits per heavy atom. The number of carbonyl (C=O) groups is 3. The van der Waals surface area contributed by atoms with Gasteiger partial charge in [-0.3, -0.25) is 19.4 Å². The van der Waals surface area contributed by atoms with Crippen LogP contribution in [0.3, 0.4) is 0 Å². The summed E-state index contributed by atoms with van der Waals surface area (Å²) in [4.78, 5) is 44.5. The van der Waals surface area contributed by atoms with Crippen LogP contribution in [0.5, 0.6) is 0 Å². The fourth-order valence-corrected chi connectivity index (χ4v) is 5.23. The molecule has 1 atom stereocenters. The van der Waals surface area contributed by atoms with Crippen molar-refractivity contribution in [3.63, 3.8) is 0 Å². The lowest BCUT2D eigenvalue weighted by Gasteiger charge is -2.35. The van der Waals surface area contributed by atoms with Crippen LogP contribution in [-0.2, 0) is 22.7 Å². The van der Waals surface area contributed by atoms with Crippen molar-refractivity contribution in [2.24, 2.45) is 0 Å². The Hall–Kier alpha value is -1.94. The lowest BCUT2D eigenvalue weighted by molar-refractivity contribution is -0.133. The first kappa shape index (κ1) is 19.4. The van der Waals surface area contributed by atoms with E-state index >= 15 is 0 Å². The predicted molar refractivity (Wildman–Crippen MR) is 108 cm³/mol. The topological polar surface area (TPSA) is 73.0 Å². The molecule has 4 amide bonds. The second-order valence-corrected chi connectivity index (χ2v) is 9.55. The number of imide groups is 1. The SMILES string of the molecule is O=C(CN1C(=O)C2CN(Cc3ccc(Cl)s3)CCN2C1=O)NCc1cccs1. The zero-order valence-corrected chi connectivity index (χ0v) is 17.4. The first-order chi connectivity index (χ1) is 13.5. The van der Waals surface area contributed by atoms with Gasteiger partial charge in [0.15, 0.2) is 0 Å². The Kier molecular flexibility index (Phi) is 5.68. The molecule has 28 heavy (non-hydrogen) atoms. The van der Waals surface area contributed by atoms with Crippen LogP contribution in [0.2, 0.25) is 4.34 Å². The number of piperazine rings is 1. The van der Waals surface area contributed by atoms with Crippen LogP contribution < -0.4 is 5.32 Å². The minimum atomic E-state index is -0.526. The van der Waals surface area contributed by atoms with Gasteiger partial charge in [-0.1, -0.05) is 17.7 Å². The van der Waals surface area contributed by atoms with E-state index in [0.29, 0.717) is 32.7 Å². The largest absolute Gasteiger partial charge is 0.350 e. The van der Waals surface area contributed by atoms with Crippen molar-refractivity contribution in [2.45, 2.75) is 19.1 Å². The molecule has 4 rings (SSSR count). The normalized spacial score (nSPS) is 20.0. The molecule has 4 heterocycles. The third-order valence-corrected chi connectivity index (χ3v) is 6.93. The third kappa shape index (κ3) is 4.07. The zero-order chi connectivity index (χ0) is 19.7. The highest BCUT2D eigenvalue weighted by Crippen LogP contribution is 2.26. The quantitative estimate of drug-likeness (QED) is 0.702. The molecule has 2 aliphatic rings. The van der Waals surface area contributed by atoms with E-state index in [2.05, 4.69) is 10.2 Å². The lowest BCUT2D eigenvalue weighted by atomic mass is 10.2. The van der Waals surface area contributed by atoms with E-state index in [1.54, 1.807) is 16.2 Å². The summed E-state index contributed by atoms with van der Waals surface area (Å²) in [5.74, 6) is -0.634. The number of nitrogens with one attached hydrogen (secondary N) is 1. The number of urea groups is 1. The molecule has 0 saturated carbocycles. The standard InChI is InChI=1S/C18H19ClN4O3S2/c19-15-4-3-13(28-15)9-21-5-6-22-14(10-21)17(25)23(18(22)26)11-16(24)20-8-12-2-1-7-27-12/h1-4,7,14H,5-6,8-11H2,(H,20,24). The van der Waals surface area contributed by atoms with E-state index in [1.165, 1.54) is 11.3 Å². The van der Waals surface area contributed by atoms with Crippen LogP contribution in [-0.4, -0.2) is 64.8 Å². The summed E-state index contributed by atoms with van der Waals surface area (Å²) in [5, 5.41) is 4.70. The number of thiophene rings is 2. The van der Waals surface area contributed by atoms with Crippen molar-refractivity contribution in [3.05, 3.63) is 43.7 Å². The third-order valence-electron chi connectivity index (χ3n) is 4.84. The molecule has 2 fully saturated rings. The molecule has 0 radical (unpaired) electrons. The van der Waals surface area contributed by atoms with E-state index in [4.69, 9.17) is 11.6 Å². The molecule has 1 unspecified atom stereocenters. The van der Waals surface area contributed by atoms with Crippen LogP contribution >= 0.6 is 34.3 Å². The minimum Gasteiger partial charge on any atom is -0.350 e. The summed E-state index contributed by atoms with van der Waals surface area (Å²) >= 11 is 9.05. The highest BCUT2D eigenvalue weighted by Gasteiger charge is 2.48. The van der Waals surface area contributed by atoms with Crippen LogP contribution in [0.15, 0.2) is 29.6 Å². The predicted octanol–water partition coefficient (Wildman–Crippen LogP) is 2.23. The second-order valence-electron chi connectivity index (χ2n) is 6.71. The van der Waals surface area contributed by atoms with Gasteiger partial charge in [0.25, 0.3) is 5.91 Å². The van der Waals surface area contributed by atoms with Gasteiger partial charge in [-0.2, -0.15) is 0 Å². The van der Waals surface area contributed by atoms with Gasteiger partial charge in [0.05, 0.1) is 10.9 Å². The molecule has 2 aromatic heterocycles. The highest BCUT2D eigenvalue weighted by molar-refractivity contribution is 7.16. The van der Waals surface area contributed by atoms with Gasteiger partial charge in [0.2, 0.25) is 5.91 Å². The van der Waals surface area contributed by atoms with Crippen LogP contribution in [0.4, 0.5) is 4.79 Å². The summed E-state index contributed by atoms with van der Waals surface area (Å²) in [5.41, 5.74) is 0. The molecule has 2 saturated heterocycles. The van der Waals surface area contributed by atoms with E-state index in [-0.39, 0.29) is 24.4 Å². The lowest BCUT2D eigenvalue weighted by Crippen LogP contribution is -2.52. The maximum absolute atomic E-state index is 12.8. The van der Waals surface area contributed by atoms with Gasteiger partial charge in [-0.25, -0.2) is 4.79 Å². The Morgan fingerprint density at radius 1 is 1.21 bits per heavy atom. The summed E-state index contributed by atoms with van der Waals surface area (Å²) in [7, 11) is 0. The summed E-state index contributed by atoms with van der Waals surface area (Å²) in [6.45, 7) is 2.48. The molecular formula is C18H19ClN4O3S2. The molecule has 0 spiro atoms. The van der Waals surface area contributed by atoms with Crippen molar-refractivity contribution in [1.29, 1.82) is 0 Å². The number of amides is 4. The molecule has 2 aliphatic heterocycles. The monoisotopic (exact) mass is 438 g/mol. The number of halogens is 1. The molecule has 0 aromatic carbocycles. The van der Waals surface area contributed by atoms with Gasteiger partial charge in [0, 0.05) is 35.9 Å². The van der Waals surface area contributed by atoms with Crippen LogP contribution in [0.25, 0.3) is 0 Å². The van der Waals surface area contributed by atoms with Crippen molar-refractivity contribution in [2.75, 3.05) is 26.2 Å². The fourth-order valence-electron chi connectivity index (χ4n) is 3.45. The average molecular weight is 439 g/mol. The summed E-state index contributed by atoms with van der Waals surface area (Å²) < 4.78 is 0.737. The van der Waals surface area contributed by atoms with Crippen molar-refractivity contribution < 1.29 is 14.4 Å². The van der Waals surface area contributed by atoms with E-state index in [0.717, 1.165) is 19.0 Å². The van der Waals surface area contributed by atoms with Crippen LogP contribution in [0, 0.1) is 0 Å². The van der Waals surface area contributed by atoms with Gasteiger partial charge >= 0.3 is 6.03 Å². The first-order valence-electron chi connectivity index (χ1n) is 8.89. The number of nitrogens with zero attached hydrogens (tertiary/aromatic N) is 3. The van der Waals surface area contributed by atoms with Gasteiger partial charge in [0.1, 0.15) is 12.6 Å². The average Bonchev–Trinajstić information content (AvgIpc) is 3.39. The Balaban J connectivity index is 1.34. The molecule has 148 valence electrons. The molecule has 10 heteroatoms. The zero-order valence-electron chi connectivity index (χ0n) is 15.0. The Bertz CT molecular complexity index is 885. The fraction of sp³-hybridized carbons (Fsp3) is 0.389. The van der Waals surface area contributed by atoms with Gasteiger partial charge in [-0.15, -0.1) is 22.7 Å². The molecule has 7 nitrogen and oxygen atoms in total. The molecular weight excluding hydrogens is 420 g/mol. The molecule has 0 bridgehead atoms. The van der Waals surface area contributed by atoms with E-state index in [9.17, 15) is 14.4 Å². The summed E-state index contributed by atoms with van der Waals surface area (Å²) in [6.07, 6.45) is 0. The molecule has 1 N–H and O–H groups in total. The number of carbonyl (C=O) groups excluding carboxylic acids is 3. The Labute approximate surface area is 175 Å². The highest BCUT2D eigenvalue weighted by atomic mass is 35.5. The van der Waals surface area contributed by atoms with Gasteiger partial charge < -0.3 is 10.2 Å². The van der Waals surface area contributed by atoms with Gasteiger partial charge in [-0.05, 0) is 23.6 Å². The van der Waals surface area contributed by atoms with Crippen molar-refractivity contribution in [1.82, 2.24) is 20.0 Å². The second kappa shape index (κ2) is 8.20. The number of rotatable bonds is 6. The van der Waals surface area contributed by atoms with Crippen LogP contribution in [0.1, 0.15) is 9.75 Å². The first-order valence-corrected chi connectivity index (χ1v) is 11.0. The minimum absolute atomic E-state index is 0.240. The molecule has 0 aliphatic carbocycles. The maximum Gasteiger partial charge on any atom is 0.328 e. The number of hydrogen-bond acceptors (Lipinski definition) is 6. The smallest absolute Gasteiger partial charge is 0.328 e. The van der Waals surface area contributed by atoms with E-state index < -0.39 is 6.04 Å². The van der Waals surface area contributed by atoms with Crippen molar-refractivity contribution in [3.8, 4) is 0 Å². The summed E-state index contributed by atoms with van der Waals surface area (Å²) in [6, 6.07) is 6.77. The molecule has 2 aromatic rings. The Morgan fingerprint density at radius 3 is 2.79 bits per heavy atom. The van der Waals surface area contributed by atoms with Crippen molar-refractivity contribution >= 4 is 52.1 Å². The number of hydrogen-bond donors (Lipinski definition) is 1. The van der Waals surface area contributed by atoms with E-state index in [1.807, 2.05) is 29.6 Å².